The van der Waals surface area contributed by atoms with Crippen LogP contribution in [0.15, 0.2) is 96.1 Å². The average molecular weight is 633 g/mol. The maximum absolute atomic E-state index is 13.0. The van der Waals surface area contributed by atoms with Crippen LogP contribution in [0.1, 0.15) is 36.0 Å². The van der Waals surface area contributed by atoms with E-state index in [-0.39, 0.29) is 27.2 Å². The van der Waals surface area contributed by atoms with Crippen molar-refractivity contribution in [3.05, 3.63) is 133 Å². The molecule has 10 nitrogen and oxygen atoms in total. The summed E-state index contributed by atoms with van der Waals surface area (Å²) < 4.78 is 6.03. The molecule has 0 saturated carbocycles. The monoisotopic (exact) mass is 632 g/mol. The quantitative estimate of drug-likeness (QED) is 0.0602. The minimum absolute atomic E-state index is 0.0880. The molecule has 2 N–H and O–H groups in total. The number of carbonyl (C=O) groups excluding carboxylic acids is 3. The first kappa shape index (κ1) is 29.4. The van der Waals surface area contributed by atoms with Gasteiger partial charge in [-0.05, 0) is 66.7 Å². The number of non-ortho nitro benzene ring substituents is 1. The predicted octanol–water partition coefficient (Wildman–Crippen LogP) is 7.35. The average Bonchev–Trinajstić information content (AvgIpc) is 3.34. The number of halogens is 2. The number of para-hydroxylation sites is 1. The lowest BCUT2D eigenvalue weighted by atomic mass is 10.1. The van der Waals surface area contributed by atoms with Gasteiger partial charge in [-0.15, -0.1) is 11.3 Å². The first-order valence-corrected chi connectivity index (χ1v) is 13.9. The highest BCUT2D eigenvalue weighted by Crippen LogP contribution is 2.38. The highest BCUT2D eigenvalue weighted by Gasteiger charge is 2.21. The lowest BCUT2D eigenvalue weighted by Gasteiger charge is -2.07. The number of nitro groups is 1. The Morgan fingerprint density at radius 1 is 0.884 bits per heavy atom. The van der Waals surface area contributed by atoms with Gasteiger partial charge in [-0.3, -0.25) is 19.7 Å². The zero-order valence-corrected chi connectivity index (χ0v) is 24.1. The molecular formula is C30H18Cl2N4O6S. The summed E-state index contributed by atoms with van der Waals surface area (Å²) in [5.41, 5.74) is 3.90. The minimum Gasteiger partial charge on any atom is -0.422 e. The van der Waals surface area contributed by atoms with Crippen LogP contribution in [-0.2, 0) is 0 Å². The molecule has 0 radical (unpaired) electrons. The van der Waals surface area contributed by atoms with E-state index in [0.717, 1.165) is 11.3 Å². The molecule has 5 aromatic rings. The van der Waals surface area contributed by atoms with Gasteiger partial charge in [0.05, 0.1) is 16.2 Å². The number of ether oxygens (including phenoxy) is 1. The Balaban J connectivity index is 1.22. The Labute approximate surface area is 257 Å². The number of nitrogens with zero attached hydrogens (tertiary/aromatic N) is 2. The smallest absolute Gasteiger partial charge is 0.355 e. The van der Waals surface area contributed by atoms with Crippen LogP contribution in [0.2, 0.25) is 10.0 Å². The summed E-state index contributed by atoms with van der Waals surface area (Å²) in [6, 6.07) is 23.3. The highest BCUT2D eigenvalue weighted by molar-refractivity contribution is 7.21. The Morgan fingerprint density at radius 3 is 2.28 bits per heavy atom. The first-order valence-electron chi connectivity index (χ1n) is 12.4. The number of thiophene rings is 1. The van der Waals surface area contributed by atoms with Gasteiger partial charge in [0.2, 0.25) is 0 Å². The Kier molecular flexibility index (Phi) is 8.77. The third-order valence-corrected chi connectivity index (χ3v) is 7.90. The second kappa shape index (κ2) is 12.8. The molecule has 0 bridgehead atoms. The van der Waals surface area contributed by atoms with Crippen LogP contribution in [0.3, 0.4) is 0 Å². The van der Waals surface area contributed by atoms with Gasteiger partial charge in [-0.2, -0.15) is 5.10 Å². The molecule has 0 atom stereocenters. The number of hydrogen-bond acceptors (Lipinski definition) is 8. The normalized spacial score (nSPS) is 10.9. The Hall–Kier alpha value is -5.10. The number of carbonyl (C=O) groups is 3. The standard InChI is InChI=1S/C30H18Cl2N4O6S/c31-20-9-5-17(6-10-20)28(37)34-21-11-7-18(8-12-21)29(38)35-33-16-19-3-1-2-4-24(19)42-30(39)27-26(32)23-14-13-22(36(40)41)15-25(23)43-27/h1-16H,(H,34,37)(H,35,38)/b33-16-. The maximum atomic E-state index is 13.0. The van der Waals surface area contributed by atoms with Gasteiger partial charge in [-0.25, -0.2) is 10.2 Å². The molecule has 1 heterocycles. The summed E-state index contributed by atoms with van der Waals surface area (Å²) in [5, 5.41) is 19.0. The maximum Gasteiger partial charge on any atom is 0.355 e. The molecule has 1 aromatic heterocycles. The van der Waals surface area contributed by atoms with E-state index >= 15 is 0 Å². The van der Waals surface area contributed by atoms with E-state index in [1.165, 1.54) is 36.5 Å². The number of nitrogens with one attached hydrogen (secondary N) is 2. The van der Waals surface area contributed by atoms with E-state index < -0.39 is 16.8 Å². The van der Waals surface area contributed by atoms with Crippen LogP contribution >= 0.6 is 34.5 Å². The predicted molar refractivity (Wildman–Crippen MR) is 166 cm³/mol. The number of hydrogen-bond donors (Lipinski definition) is 2. The molecular weight excluding hydrogens is 615 g/mol. The zero-order valence-electron chi connectivity index (χ0n) is 21.7. The van der Waals surface area contributed by atoms with Gasteiger partial charge in [0.25, 0.3) is 17.5 Å². The summed E-state index contributed by atoms with van der Waals surface area (Å²) >= 11 is 13.2. The molecule has 43 heavy (non-hydrogen) atoms. The Morgan fingerprint density at radius 2 is 1.56 bits per heavy atom. The van der Waals surface area contributed by atoms with Crippen molar-refractivity contribution in [2.24, 2.45) is 5.10 Å². The fourth-order valence-electron chi connectivity index (χ4n) is 3.86. The molecule has 4 aromatic carbocycles. The lowest BCUT2D eigenvalue weighted by molar-refractivity contribution is -0.384. The van der Waals surface area contributed by atoms with Crippen LogP contribution < -0.4 is 15.5 Å². The van der Waals surface area contributed by atoms with Gasteiger partial charge >= 0.3 is 5.97 Å². The number of anilines is 1. The number of benzene rings is 4. The van der Waals surface area contributed by atoms with Crippen molar-refractivity contribution in [1.29, 1.82) is 0 Å². The molecule has 0 saturated heterocycles. The minimum atomic E-state index is -0.748. The SMILES string of the molecule is O=C(N/N=C\c1ccccc1OC(=O)c1sc2cc([N+](=O)[O-])ccc2c1Cl)c1ccc(NC(=O)c2ccc(Cl)cc2)cc1. The van der Waals surface area contributed by atoms with Crippen molar-refractivity contribution in [3.63, 3.8) is 0 Å². The summed E-state index contributed by atoms with van der Waals surface area (Å²) in [5.74, 6) is -1.42. The van der Waals surface area contributed by atoms with E-state index in [2.05, 4.69) is 15.8 Å². The van der Waals surface area contributed by atoms with Crippen LogP contribution in [-0.4, -0.2) is 28.9 Å². The summed E-state index contributed by atoms with van der Waals surface area (Å²) in [4.78, 5) is 48.6. The van der Waals surface area contributed by atoms with E-state index in [0.29, 0.717) is 37.5 Å². The van der Waals surface area contributed by atoms with Crippen molar-refractivity contribution in [2.45, 2.75) is 0 Å². The van der Waals surface area contributed by atoms with Gasteiger partial charge < -0.3 is 10.1 Å². The second-order valence-corrected chi connectivity index (χ2v) is 10.7. The molecule has 0 fully saturated rings. The van der Waals surface area contributed by atoms with Gasteiger partial charge in [0, 0.05) is 49.6 Å². The molecule has 0 spiro atoms. The number of hydrazone groups is 1. The molecule has 5 rings (SSSR count). The third-order valence-electron chi connectivity index (χ3n) is 6.01. The highest BCUT2D eigenvalue weighted by atomic mass is 35.5. The van der Waals surface area contributed by atoms with Crippen molar-refractivity contribution in [3.8, 4) is 5.75 Å². The molecule has 2 amide bonds. The van der Waals surface area contributed by atoms with Crippen LogP contribution in [0.5, 0.6) is 5.75 Å². The number of amides is 2. The van der Waals surface area contributed by atoms with Crippen molar-refractivity contribution in [2.75, 3.05) is 5.32 Å². The largest absolute Gasteiger partial charge is 0.422 e. The van der Waals surface area contributed by atoms with Crippen LogP contribution in [0.25, 0.3) is 10.1 Å². The summed E-state index contributed by atoms with van der Waals surface area (Å²) in [7, 11) is 0. The fourth-order valence-corrected chi connectivity index (χ4v) is 5.40. The van der Waals surface area contributed by atoms with Crippen LogP contribution in [0.4, 0.5) is 11.4 Å². The topological polar surface area (TPSA) is 140 Å². The molecule has 214 valence electrons. The fraction of sp³-hybridized carbons (Fsp3) is 0. The number of fused-ring (bicyclic) bond motifs is 1. The van der Waals surface area contributed by atoms with Crippen molar-refractivity contribution < 1.29 is 24.0 Å². The van der Waals surface area contributed by atoms with E-state index in [1.54, 1.807) is 60.7 Å². The van der Waals surface area contributed by atoms with Crippen molar-refractivity contribution in [1.82, 2.24) is 5.43 Å². The molecule has 0 unspecified atom stereocenters. The van der Waals surface area contributed by atoms with E-state index in [1.807, 2.05) is 0 Å². The molecule has 13 heteroatoms. The first-order chi connectivity index (χ1) is 20.7. The number of nitro benzene ring substituents is 1. The van der Waals surface area contributed by atoms with Gasteiger partial charge in [0.1, 0.15) is 10.6 Å². The lowest BCUT2D eigenvalue weighted by Crippen LogP contribution is -2.18. The number of rotatable bonds is 8. The summed E-state index contributed by atoms with van der Waals surface area (Å²) in [6.45, 7) is 0. The second-order valence-electron chi connectivity index (χ2n) is 8.85. The van der Waals surface area contributed by atoms with E-state index in [9.17, 15) is 24.5 Å². The third kappa shape index (κ3) is 6.87. The molecule has 0 aliphatic heterocycles. The van der Waals surface area contributed by atoms with Gasteiger partial charge in [-0.1, -0.05) is 35.3 Å². The van der Waals surface area contributed by atoms with E-state index in [4.69, 9.17) is 27.9 Å². The summed E-state index contributed by atoms with van der Waals surface area (Å²) in [6.07, 6.45) is 1.32. The van der Waals surface area contributed by atoms with Crippen molar-refractivity contribution >= 4 is 80.0 Å². The van der Waals surface area contributed by atoms with Gasteiger partial charge in [0.15, 0.2) is 0 Å². The molecule has 0 aliphatic rings. The number of esters is 1. The zero-order chi connectivity index (χ0) is 30.5. The van der Waals surface area contributed by atoms with Crippen LogP contribution in [0, 0.1) is 10.1 Å². The molecule has 0 aliphatic carbocycles. The Bertz CT molecular complexity index is 1910.